The van der Waals surface area contributed by atoms with Crippen molar-refractivity contribution in [3.8, 4) is 0 Å². The zero-order valence-electron chi connectivity index (χ0n) is 10.8. The summed E-state index contributed by atoms with van der Waals surface area (Å²) in [6.07, 6.45) is 5.41. The maximum Gasteiger partial charge on any atom is 0.0698 e. The molecule has 0 heterocycles. The lowest BCUT2D eigenvalue weighted by Gasteiger charge is -2.43. The van der Waals surface area contributed by atoms with Gasteiger partial charge in [0.2, 0.25) is 0 Å². The van der Waals surface area contributed by atoms with Gasteiger partial charge in [-0.1, -0.05) is 13.8 Å². The van der Waals surface area contributed by atoms with Crippen LogP contribution >= 0.6 is 0 Å². The zero-order valence-corrected chi connectivity index (χ0v) is 10.8. The van der Waals surface area contributed by atoms with Crippen LogP contribution in [0.4, 0.5) is 0 Å². The number of rotatable bonds is 7. The summed E-state index contributed by atoms with van der Waals surface area (Å²) in [4.78, 5) is 0. The van der Waals surface area contributed by atoms with Gasteiger partial charge in [-0.05, 0) is 58.5 Å². The van der Waals surface area contributed by atoms with E-state index in [1.165, 1.54) is 25.7 Å². The van der Waals surface area contributed by atoms with Crippen molar-refractivity contribution in [1.29, 1.82) is 0 Å². The normalized spacial score (nSPS) is 19.6. The van der Waals surface area contributed by atoms with Crippen molar-refractivity contribution in [2.24, 2.45) is 5.92 Å². The first kappa shape index (κ1) is 13.0. The summed E-state index contributed by atoms with van der Waals surface area (Å²) >= 11 is 0. The summed E-state index contributed by atoms with van der Waals surface area (Å²) in [5.41, 5.74) is 0.220. The van der Waals surface area contributed by atoms with Crippen molar-refractivity contribution in [3.05, 3.63) is 0 Å². The van der Waals surface area contributed by atoms with E-state index in [-0.39, 0.29) is 5.60 Å². The van der Waals surface area contributed by atoms with Crippen LogP contribution in [0, 0.1) is 5.92 Å². The van der Waals surface area contributed by atoms with Gasteiger partial charge in [0, 0.05) is 0 Å². The number of ether oxygens (including phenoxy) is 1. The van der Waals surface area contributed by atoms with Crippen LogP contribution in [0.25, 0.3) is 0 Å². The van der Waals surface area contributed by atoms with Crippen LogP contribution in [0.5, 0.6) is 0 Å². The van der Waals surface area contributed by atoms with Gasteiger partial charge in [0.25, 0.3) is 0 Å². The Morgan fingerprint density at radius 2 is 1.87 bits per heavy atom. The minimum absolute atomic E-state index is 0.220. The van der Waals surface area contributed by atoms with Crippen LogP contribution in [-0.2, 0) is 4.74 Å². The van der Waals surface area contributed by atoms with Crippen molar-refractivity contribution in [2.45, 2.75) is 65.1 Å². The highest BCUT2D eigenvalue weighted by Crippen LogP contribution is 2.39. The van der Waals surface area contributed by atoms with Gasteiger partial charge >= 0.3 is 0 Å². The van der Waals surface area contributed by atoms with Crippen LogP contribution in [0.2, 0.25) is 0 Å². The average Bonchev–Trinajstić information content (AvgIpc) is 2.06. The molecule has 1 aliphatic carbocycles. The molecule has 1 rings (SSSR count). The second kappa shape index (κ2) is 5.86. The fraction of sp³-hybridized carbons (Fsp3) is 1.00. The Kier molecular flexibility index (Phi) is 5.07. The van der Waals surface area contributed by atoms with Gasteiger partial charge in [0.15, 0.2) is 0 Å². The van der Waals surface area contributed by atoms with E-state index >= 15 is 0 Å². The van der Waals surface area contributed by atoms with Crippen molar-refractivity contribution < 1.29 is 4.74 Å². The molecule has 0 saturated heterocycles. The molecule has 90 valence electrons. The van der Waals surface area contributed by atoms with Gasteiger partial charge in [-0.2, -0.15) is 0 Å². The molecule has 0 atom stereocenters. The third-order valence-corrected chi connectivity index (χ3v) is 3.06. The Bertz CT molecular complexity index is 173. The molecule has 2 nitrogen and oxygen atoms in total. The minimum atomic E-state index is 0.220. The standard InChI is InChI=1S/C13H27NO/c1-11(2)10-14-9-8-13(6-5-7-13)15-12(3)4/h11-12,14H,5-10H2,1-4H3. The van der Waals surface area contributed by atoms with Gasteiger partial charge < -0.3 is 10.1 Å². The molecule has 0 aromatic carbocycles. The molecule has 0 bridgehead atoms. The largest absolute Gasteiger partial charge is 0.372 e. The first-order chi connectivity index (χ1) is 7.04. The molecule has 1 fully saturated rings. The molecule has 0 aromatic rings. The second-order valence-corrected chi connectivity index (χ2v) is 5.55. The monoisotopic (exact) mass is 213 g/mol. The lowest BCUT2D eigenvalue weighted by atomic mass is 9.77. The highest BCUT2D eigenvalue weighted by atomic mass is 16.5. The molecule has 0 spiro atoms. The molecule has 2 heteroatoms. The maximum absolute atomic E-state index is 6.04. The predicted molar refractivity (Wildman–Crippen MR) is 65.1 cm³/mol. The Labute approximate surface area is 94.8 Å². The average molecular weight is 213 g/mol. The van der Waals surface area contributed by atoms with E-state index in [0.29, 0.717) is 6.10 Å². The lowest BCUT2D eigenvalue weighted by molar-refractivity contribution is -0.131. The molecule has 0 unspecified atom stereocenters. The zero-order chi connectivity index (χ0) is 11.3. The van der Waals surface area contributed by atoms with Crippen LogP contribution in [0.15, 0.2) is 0 Å². The van der Waals surface area contributed by atoms with E-state index in [4.69, 9.17) is 4.74 Å². The van der Waals surface area contributed by atoms with Crippen molar-refractivity contribution in [1.82, 2.24) is 5.32 Å². The number of nitrogens with one attached hydrogen (secondary N) is 1. The predicted octanol–water partition coefficient (Wildman–Crippen LogP) is 2.97. The topological polar surface area (TPSA) is 21.3 Å². The van der Waals surface area contributed by atoms with E-state index in [1.807, 2.05) is 0 Å². The minimum Gasteiger partial charge on any atom is -0.372 e. The van der Waals surface area contributed by atoms with E-state index < -0.39 is 0 Å². The Morgan fingerprint density at radius 1 is 1.20 bits per heavy atom. The van der Waals surface area contributed by atoms with Crippen molar-refractivity contribution in [3.63, 3.8) is 0 Å². The van der Waals surface area contributed by atoms with E-state index in [9.17, 15) is 0 Å². The molecular weight excluding hydrogens is 186 g/mol. The maximum atomic E-state index is 6.04. The molecule has 0 amide bonds. The third kappa shape index (κ3) is 4.52. The highest BCUT2D eigenvalue weighted by Gasteiger charge is 2.38. The highest BCUT2D eigenvalue weighted by molar-refractivity contribution is 4.90. The summed E-state index contributed by atoms with van der Waals surface area (Å²) in [6.45, 7) is 11.0. The van der Waals surface area contributed by atoms with Gasteiger partial charge in [0.05, 0.1) is 11.7 Å². The van der Waals surface area contributed by atoms with Gasteiger partial charge in [-0.3, -0.25) is 0 Å². The van der Waals surface area contributed by atoms with E-state index in [0.717, 1.165) is 19.0 Å². The summed E-state index contributed by atoms with van der Waals surface area (Å²) in [7, 11) is 0. The van der Waals surface area contributed by atoms with Crippen LogP contribution in [0.1, 0.15) is 53.4 Å². The quantitative estimate of drug-likeness (QED) is 0.656. The van der Waals surface area contributed by atoms with Crippen LogP contribution in [-0.4, -0.2) is 24.8 Å². The lowest BCUT2D eigenvalue weighted by Crippen LogP contribution is -2.44. The van der Waals surface area contributed by atoms with Crippen molar-refractivity contribution >= 4 is 0 Å². The molecule has 1 N–H and O–H groups in total. The van der Waals surface area contributed by atoms with Crippen LogP contribution < -0.4 is 5.32 Å². The fourth-order valence-electron chi connectivity index (χ4n) is 2.20. The fourth-order valence-corrected chi connectivity index (χ4v) is 2.20. The first-order valence-corrected chi connectivity index (χ1v) is 6.43. The molecule has 0 aromatic heterocycles. The van der Waals surface area contributed by atoms with Gasteiger partial charge in [-0.25, -0.2) is 0 Å². The summed E-state index contributed by atoms with van der Waals surface area (Å²) in [5, 5.41) is 3.50. The van der Waals surface area contributed by atoms with Crippen LogP contribution in [0.3, 0.4) is 0 Å². The number of hydrogen-bond donors (Lipinski definition) is 1. The number of hydrogen-bond acceptors (Lipinski definition) is 2. The molecule has 1 saturated carbocycles. The summed E-state index contributed by atoms with van der Waals surface area (Å²) in [6, 6.07) is 0. The Hall–Kier alpha value is -0.0800. The molecule has 15 heavy (non-hydrogen) atoms. The second-order valence-electron chi connectivity index (χ2n) is 5.55. The molecule has 1 aliphatic rings. The van der Waals surface area contributed by atoms with Gasteiger partial charge in [0.1, 0.15) is 0 Å². The smallest absolute Gasteiger partial charge is 0.0698 e. The molecule has 0 radical (unpaired) electrons. The SMILES string of the molecule is CC(C)CNCCC1(OC(C)C)CCC1. The molecule has 0 aliphatic heterocycles. The van der Waals surface area contributed by atoms with E-state index in [2.05, 4.69) is 33.0 Å². The van der Waals surface area contributed by atoms with E-state index in [1.54, 1.807) is 0 Å². The van der Waals surface area contributed by atoms with Crippen molar-refractivity contribution in [2.75, 3.05) is 13.1 Å². The summed E-state index contributed by atoms with van der Waals surface area (Å²) in [5.74, 6) is 0.744. The first-order valence-electron chi connectivity index (χ1n) is 6.43. The Morgan fingerprint density at radius 3 is 2.27 bits per heavy atom. The van der Waals surface area contributed by atoms with Gasteiger partial charge in [-0.15, -0.1) is 0 Å². The third-order valence-electron chi connectivity index (χ3n) is 3.06. The Balaban J connectivity index is 2.16. The summed E-state index contributed by atoms with van der Waals surface area (Å²) < 4.78 is 6.04. The molecular formula is C13H27NO.